The summed E-state index contributed by atoms with van der Waals surface area (Å²) in [6.45, 7) is 4.19. The van der Waals surface area contributed by atoms with Crippen LogP contribution in [0.1, 0.15) is 45.7 Å². The second-order valence-electron chi connectivity index (χ2n) is 7.37. The number of carbonyl (C=O) groups excluding carboxylic acids is 3. The summed E-state index contributed by atoms with van der Waals surface area (Å²) in [7, 11) is 7.19. The van der Waals surface area contributed by atoms with Crippen molar-refractivity contribution in [3.8, 4) is 0 Å². The molecule has 2 rings (SSSR count). The standard InChI is InChI=1S/C13H17NO3.C11H12O4.C2H7N/c1-4-17-13(16)11-7-5-10(6-8-11)9-12(15)14(2)3;1-2-15-11(14)9-5-3-8(4-6-9)7-10(12)13;1-3-2/h5-8H,4,9H2,1-3H3;3-6H,2,7H2,1H3,(H,12,13);3H,1-2H3. The number of ether oxygens (including phenoxy) is 2. The van der Waals surface area contributed by atoms with Gasteiger partial charge in [0.2, 0.25) is 5.91 Å². The van der Waals surface area contributed by atoms with Gasteiger partial charge in [0, 0.05) is 14.1 Å². The van der Waals surface area contributed by atoms with Gasteiger partial charge in [-0.25, -0.2) is 9.59 Å². The van der Waals surface area contributed by atoms with Crippen LogP contribution in [0.3, 0.4) is 0 Å². The zero-order chi connectivity index (χ0) is 26.8. The molecular formula is C26H36N2O7. The van der Waals surface area contributed by atoms with Crippen molar-refractivity contribution in [1.29, 1.82) is 0 Å². The summed E-state index contributed by atoms with van der Waals surface area (Å²) >= 11 is 0. The lowest BCUT2D eigenvalue weighted by Gasteiger charge is -2.10. The number of carboxylic acid groups (broad SMARTS) is 1. The second kappa shape index (κ2) is 17.7. The molecule has 0 aromatic heterocycles. The van der Waals surface area contributed by atoms with E-state index in [0.29, 0.717) is 36.3 Å². The molecule has 0 saturated heterocycles. The number of nitrogens with zero attached hydrogens (tertiary/aromatic N) is 1. The van der Waals surface area contributed by atoms with E-state index < -0.39 is 5.97 Å². The number of hydrogen-bond donors (Lipinski definition) is 2. The van der Waals surface area contributed by atoms with Gasteiger partial charge in [-0.15, -0.1) is 0 Å². The van der Waals surface area contributed by atoms with Crippen LogP contribution in [0.4, 0.5) is 0 Å². The fraction of sp³-hybridized carbons (Fsp3) is 0.385. The highest BCUT2D eigenvalue weighted by molar-refractivity contribution is 5.90. The molecule has 9 nitrogen and oxygen atoms in total. The first-order valence-corrected chi connectivity index (χ1v) is 11.1. The first kappa shape index (κ1) is 31.3. The Bertz CT molecular complexity index is 924. The maximum Gasteiger partial charge on any atom is 0.338 e. The SMILES string of the molecule is CCOC(=O)c1ccc(CC(=O)N(C)C)cc1.CCOC(=O)c1ccc(CC(=O)O)cc1.CNC. The highest BCUT2D eigenvalue weighted by Gasteiger charge is 2.09. The zero-order valence-electron chi connectivity index (χ0n) is 21.3. The van der Waals surface area contributed by atoms with E-state index in [1.807, 2.05) is 14.1 Å². The van der Waals surface area contributed by atoms with E-state index in [1.54, 1.807) is 81.4 Å². The number of aliphatic carboxylic acids is 1. The lowest BCUT2D eigenvalue weighted by Crippen LogP contribution is -2.23. The number of hydrogen-bond acceptors (Lipinski definition) is 7. The Morgan fingerprint density at radius 2 is 1.09 bits per heavy atom. The Morgan fingerprint density at radius 1 is 0.743 bits per heavy atom. The summed E-state index contributed by atoms with van der Waals surface area (Å²) in [5.74, 6) is -1.58. The van der Waals surface area contributed by atoms with Gasteiger partial charge in [0.05, 0.1) is 37.2 Å². The van der Waals surface area contributed by atoms with Crippen LogP contribution in [0.2, 0.25) is 0 Å². The minimum Gasteiger partial charge on any atom is -0.481 e. The monoisotopic (exact) mass is 488 g/mol. The average Bonchev–Trinajstić information content (AvgIpc) is 2.81. The third kappa shape index (κ3) is 13.5. The number of carboxylic acids is 1. The van der Waals surface area contributed by atoms with Crippen LogP contribution in [-0.2, 0) is 31.9 Å². The Labute approximate surface area is 207 Å². The van der Waals surface area contributed by atoms with E-state index in [2.05, 4.69) is 5.32 Å². The molecule has 0 spiro atoms. The molecule has 0 radical (unpaired) electrons. The van der Waals surface area contributed by atoms with Crippen molar-refractivity contribution >= 4 is 23.8 Å². The molecule has 2 aromatic carbocycles. The maximum absolute atomic E-state index is 11.5. The van der Waals surface area contributed by atoms with Crippen molar-refractivity contribution in [2.75, 3.05) is 41.4 Å². The molecule has 9 heteroatoms. The molecular weight excluding hydrogens is 452 g/mol. The fourth-order valence-corrected chi connectivity index (χ4v) is 2.45. The first-order valence-electron chi connectivity index (χ1n) is 11.1. The van der Waals surface area contributed by atoms with Crippen molar-refractivity contribution in [3.63, 3.8) is 0 Å². The predicted octanol–water partition coefficient (Wildman–Crippen LogP) is 2.82. The number of esters is 2. The zero-order valence-corrected chi connectivity index (χ0v) is 21.3. The summed E-state index contributed by atoms with van der Waals surface area (Å²) in [6, 6.07) is 13.3. The summed E-state index contributed by atoms with van der Waals surface area (Å²) in [5, 5.41) is 11.3. The highest BCUT2D eigenvalue weighted by Crippen LogP contribution is 2.08. The Balaban J connectivity index is 0.000000597. The van der Waals surface area contributed by atoms with E-state index in [4.69, 9.17) is 14.6 Å². The molecule has 1 amide bonds. The molecule has 0 aliphatic heterocycles. The van der Waals surface area contributed by atoms with Crippen molar-refractivity contribution < 1.29 is 33.8 Å². The minimum atomic E-state index is -0.890. The van der Waals surface area contributed by atoms with Gasteiger partial charge >= 0.3 is 17.9 Å². The molecule has 0 heterocycles. The first-order chi connectivity index (χ1) is 16.6. The molecule has 2 N–H and O–H groups in total. The normalized spacial score (nSPS) is 9.43. The third-order valence-electron chi connectivity index (χ3n) is 4.14. The van der Waals surface area contributed by atoms with E-state index in [1.165, 1.54) is 0 Å². The Kier molecular flexibility index (Phi) is 15.8. The molecule has 192 valence electrons. The predicted molar refractivity (Wildman–Crippen MR) is 134 cm³/mol. The summed E-state index contributed by atoms with van der Waals surface area (Å²) in [4.78, 5) is 46.0. The quantitative estimate of drug-likeness (QED) is 0.544. The smallest absolute Gasteiger partial charge is 0.338 e. The Hall–Kier alpha value is -3.72. The van der Waals surface area contributed by atoms with Crippen molar-refractivity contribution in [3.05, 3.63) is 70.8 Å². The van der Waals surface area contributed by atoms with Crippen LogP contribution < -0.4 is 5.32 Å². The van der Waals surface area contributed by atoms with Crippen LogP contribution in [0.25, 0.3) is 0 Å². The number of likely N-dealkylation sites (N-methyl/N-ethyl adjacent to an activating group) is 1. The molecule has 0 unspecified atom stereocenters. The maximum atomic E-state index is 11.5. The van der Waals surface area contributed by atoms with Crippen molar-refractivity contribution in [2.24, 2.45) is 0 Å². The number of nitrogens with one attached hydrogen (secondary N) is 1. The summed E-state index contributed by atoms with van der Waals surface area (Å²) < 4.78 is 9.67. The van der Waals surface area contributed by atoms with Crippen LogP contribution >= 0.6 is 0 Å². The van der Waals surface area contributed by atoms with Gasteiger partial charge in [-0.3, -0.25) is 9.59 Å². The van der Waals surface area contributed by atoms with Crippen LogP contribution in [-0.4, -0.2) is 75.2 Å². The lowest BCUT2D eigenvalue weighted by atomic mass is 10.1. The number of carbonyl (C=O) groups is 4. The van der Waals surface area contributed by atoms with Gasteiger partial charge in [-0.2, -0.15) is 0 Å². The molecule has 35 heavy (non-hydrogen) atoms. The van der Waals surface area contributed by atoms with Crippen LogP contribution in [0.5, 0.6) is 0 Å². The number of rotatable bonds is 8. The van der Waals surface area contributed by atoms with Gasteiger partial charge in [-0.1, -0.05) is 24.3 Å². The molecule has 0 fully saturated rings. The van der Waals surface area contributed by atoms with Gasteiger partial charge in [0.1, 0.15) is 0 Å². The van der Waals surface area contributed by atoms with Gasteiger partial charge in [0.15, 0.2) is 0 Å². The minimum absolute atomic E-state index is 0.0360. The van der Waals surface area contributed by atoms with E-state index in [9.17, 15) is 19.2 Å². The molecule has 0 bridgehead atoms. The van der Waals surface area contributed by atoms with Crippen molar-refractivity contribution in [1.82, 2.24) is 10.2 Å². The molecule has 0 saturated carbocycles. The van der Waals surface area contributed by atoms with Crippen molar-refractivity contribution in [2.45, 2.75) is 26.7 Å². The average molecular weight is 489 g/mol. The van der Waals surface area contributed by atoms with E-state index in [0.717, 1.165) is 5.56 Å². The topological polar surface area (TPSA) is 122 Å². The fourth-order valence-electron chi connectivity index (χ4n) is 2.45. The molecule has 0 atom stereocenters. The lowest BCUT2D eigenvalue weighted by molar-refractivity contribution is -0.136. The van der Waals surface area contributed by atoms with E-state index in [-0.39, 0.29) is 24.3 Å². The second-order valence-corrected chi connectivity index (χ2v) is 7.37. The van der Waals surface area contributed by atoms with Crippen LogP contribution in [0.15, 0.2) is 48.5 Å². The summed E-state index contributed by atoms with van der Waals surface area (Å²) in [5.41, 5.74) is 2.49. The van der Waals surface area contributed by atoms with Gasteiger partial charge in [0.25, 0.3) is 0 Å². The third-order valence-corrected chi connectivity index (χ3v) is 4.14. The largest absolute Gasteiger partial charge is 0.481 e. The Morgan fingerprint density at radius 3 is 1.37 bits per heavy atom. The highest BCUT2D eigenvalue weighted by atomic mass is 16.5. The molecule has 0 aliphatic carbocycles. The number of benzene rings is 2. The van der Waals surface area contributed by atoms with Crippen LogP contribution in [0, 0.1) is 0 Å². The molecule has 2 aromatic rings. The summed E-state index contributed by atoms with van der Waals surface area (Å²) in [6.07, 6.45) is 0.305. The van der Waals surface area contributed by atoms with E-state index >= 15 is 0 Å². The van der Waals surface area contributed by atoms with Gasteiger partial charge < -0.3 is 24.8 Å². The van der Waals surface area contributed by atoms with Gasteiger partial charge in [-0.05, 0) is 63.3 Å². The number of amides is 1. The molecule has 0 aliphatic rings.